The number of amides is 1. The summed E-state index contributed by atoms with van der Waals surface area (Å²) in [4.78, 5) is 11.8. The largest absolute Gasteiger partial charge is 0.381 e. The van der Waals surface area contributed by atoms with E-state index in [1.807, 2.05) is 0 Å². The van der Waals surface area contributed by atoms with Crippen molar-refractivity contribution in [3.63, 3.8) is 0 Å². The van der Waals surface area contributed by atoms with Crippen LogP contribution in [0, 0.1) is 5.92 Å². The van der Waals surface area contributed by atoms with Crippen molar-refractivity contribution < 1.29 is 9.53 Å². The van der Waals surface area contributed by atoms with Crippen molar-refractivity contribution in [1.82, 2.24) is 10.6 Å². The average Bonchev–Trinajstić information content (AvgIpc) is 2.97. The van der Waals surface area contributed by atoms with Gasteiger partial charge in [0, 0.05) is 19.6 Å². The van der Waals surface area contributed by atoms with E-state index in [1.54, 1.807) is 7.11 Å². The summed E-state index contributed by atoms with van der Waals surface area (Å²) in [5, 5.41) is 6.46. The lowest BCUT2D eigenvalue weighted by Gasteiger charge is -2.14. The van der Waals surface area contributed by atoms with Gasteiger partial charge in [-0.3, -0.25) is 4.79 Å². The van der Waals surface area contributed by atoms with Crippen molar-refractivity contribution in [3.05, 3.63) is 0 Å². The molecule has 2 aliphatic rings. The lowest BCUT2D eigenvalue weighted by Crippen LogP contribution is -2.33. The first-order valence-electron chi connectivity index (χ1n) is 6.81. The minimum absolute atomic E-state index is 0.221. The molecule has 17 heavy (non-hydrogen) atoms. The van der Waals surface area contributed by atoms with Gasteiger partial charge in [0.25, 0.3) is 0 Å². The third kappa shape index (κ3) is 3.96. The lowest BCUT2D eigenvalue weighted by atomic mass is 10.0. The summed E-state index contributed by atoms with van der Waals surface area (Å²) < 4.78 is 5.30. The van der Waals surface area contributed by atoms with Gasteiger partial charge < -0.3 is 15.4 Å². The van der Waals surface area contributed by atoms with Gasteiger partial charge in [-0.1, -0.05) is 0 Å². The molecule has 4 heteroatoms. The minimum Gasteiger partial charge on any atom is -0.381 e. The van der Waals surface area contributed by atoms with Crippen molar-refractivity contribution in [2.45, 2.75) is 50.7 Å². The van der Waals surface area contributed by atoms with Gasteiger partial charge in [0.05, 0.1) is 6.10 Å². The van der Waals surface area contributed by atoms with Gasteiger partial charge in [0.2, 0.25) is 5.91 Å². The number of rotatable bonds is 5. The van der Waals surface area contributed by atoms with E-state index in [1.165, 1.54) is 6.42 Å². The topological polar surface area (TPSA) is 50.4 Å². The summed E-state index contributed by atoms with van der Waals surface area (Å²) in [6, 6.07) is 0.342. The van der Waals surface area contributed by atoms with Gasteiger partial charge in [0.1, 0.15) is 0 Å². The second kappa shape index (κ2) is 6.36. The van der Waals surface area contributed by atoms with Crippen LogP contribution in [0.5, 0.6) is 0 Å². The standard InChI is InChI=1S/C13H24N2O2/c1-17-12-4-3-11(8-12)15-13(16)5-2-10-6-7-14-9-10/h10-12,14H,2-9H2,1H3,(H,15,16). The van der Waals surface area contributed by atoms with Gasteiger partial charge in [0.15, 0.2) is 0 Å². The van der Waals surface area contributed by atoms with Crippen LogP contribution in [0.15, 0.2) is 0 Å². The molecule has 3 atom stereocenters. The number of carbonyl (C=O) groups is 1. The van der Waals surface area contributed by atoms with Crippen molar-refractivity contribution in [2.75, 3.05) is 20.2 Å². The molecule has 0 bridgehead atoms. The molecule has 0 aromatic heterocycles. The molecule has 0 aromatic carbocycles. The fourth-order valence-corrected chi connectivity index (χ4v) is 2.88. The minimum atomic E-state index is 0.221. The molecule has 3 unspecified atom stereocenters. The Morgan fingerprint density at radius 3 is 2.94 bits per heavy atom. The monoisotopic (exact) mass is 240 g/mol. The Hall–Kier alpha value is -0.610. The normalized spacial score (nSPS) is 32.9. The number of nitrogens with one attached hydrogen (secondary N) is 2. The highest BCUT2D eigenvalue weighted by Crippen LogP contribution is 2.21. The first-order valence-corrected chi connectivity index (χ1v) is 6.81. The van der Waals surface area contributed by atoms with E-state index in [9.17, 15) is 4.79 Å². The Morgan fingerprint density at radius 1 is 1.41 bits per heavy atom. The smallest absolute Gasteiger partial charge is 0.220 e. The average molecular weight is 240 g/mol. The quantitative estimate of drug-likeness (QED) is 0.755. The summed E-state index contributed by atoms with van der Waals surface area (Å²) in [7, 11) is 1.75. The molecule has 98 valence electrons. The highest BCUT2D eigenvalue weighted by atomic mass is 16.5. The molecule has 0 aromatic rings. The second-order valence-electron chi connectivity index (χ2n) is 5.33. The SMILES string of the molecule is COC1CCC(NC(=O)CCC2CCNC2)C1. The van der Waals surface area contributed by atoms with E-state index in [-0.39, 0.29) is 5.91 Å². The Labute approximate surface area is 103 Å². The summed E-state index contributed by atoms with van der Waals surface area (Å²) in [6.07, 6.45) is 6.40. The van der Waals surface area contributed by atoms with Gasteiger partial charge in [-0.25, -0.2) is 0 Å². The fraction of sp³-hybridized carbons (Fsp3) is 0.923. The van der Waals surface area contributed by atoms with Gasteiger partial charge >= 0.3 is 0 Å². The van der Waals surface area contributed by atoms with E-state index < -0.39 is 0 Å². The molecule has 0 radical (unpaired) electrons. The van der Waals surface area contributed by atoms with Gasteiger partial charge in [-0.2, -0.15) is 0 Å². The van der Waals surface area contributed by atoms with Crippen LogP contribution in [-0.4, -0.2) is 38.3 Å². The molecule has 1 amide bonds. The van der Waals surface area contributed by atoms with Crippen LogP contribution in [0.1, 0.15) is 38.5 Å². The predicted molar refractivity (Wildman–Crippen MR) is 66.8 cm³/mol. The molecule has 4 nitrogen and oxygen atoms in total. The van der Waals surface area contributed by atoms with Crippen LogP contribution in [-0.2, 0) is 9.53 Å². The summed E-state index contributed by atoms with van der Waals surface area (Å²) in [5.41, 5.74) is 0. The fourth-order valence-electron chi connectivity index (χ4n) is 2.88. The molecule has 2 rings (SSSR count). The molecular weight excluding hydrogens is 216 g/mol. The van der Waals surface area contributed by atoms with Crippen LogP contribution >= 0.6 is 0 Å². The van der Waals surface area contributed by atoms with E-state index in [2.05, 4.69) is 10.6 Å². The summed E-state index contributed by atoms with van der Waals surface area (Å²) in [6.45, 7) is 2.20. The molecule has 1 saturated heterocycles. The van der Waals surface area contributed by atoms with Crippen LogP contribution in [0.25, 0.3) is 0 Å². The molecular formula is C13H24N2O2. The molecule has 1 aliphatic carbocycles. The van der Waals surface area contributed by atoms with E-state index in [0.29, 0.717) is 24.5 Å². The van der Waals surface area contributed by atoms with E-state index in [0.717, 1.165) is 38.8 Å². The summed E-state index contributed by atoms with van der Waals surface area (Å²) >= 11 is 0. The number of hydrogen-bond donors (Lipinski definition) is 2. The number of ether oxygens (including phenoxy) is 1. The molecule has 0 spiro atoms. The van der Waals surface area contributed by atoms with E-state index in [4.69, 9.17) is 4.74 Å². The Morgan fingerprint density at radius 2 is 2.29 bits per heavy atom. The first-order chi connectivity index (χ1) is 8.28. The third-order valence-corrected chi connectivity index (χ3v) is 4.02. The first kappa shape index (κ1) is 12.8. The lowest BCUT2D eigenvalue weighted by molar-refractivity contribution is -0.122. The zero-order valence-corrected chi connectivity index (χ0v) is 10.7. The zero-order valence-electron chi connectivity index (χ0n) is 10.7. The highest BCUT2D eigenvalue weighted by Gasteiger charge is 2.25. The third-order valence-electron chi connectivity index (χ3n) is 4.02. The maximum absolute atomic E-state index is 11.8. The molecule has 1 heterocycles. The maximum Gasteiger partial charge on any atom is 0.220 e. The molecule has 1 aliphatic heterocycles. The van der Waals surface area contributed by atoms with Crippen molar-refractivity contribution >= 4 is 5.91 Å². The predicted octanol–water partition coefficient (Wildman–Crippen LogP) is 1.06. The molecule has 2 fully saturated rings. The van der Waals surface area contributed by atoms with Crippen molar-refractivity contribution in [3.8, 4) is 0 Å². The maximum atomic E-state index is 11.8. The Balaban J connectivity index is 1.60. The summed E-state index contributed by atoms with van der Waals surface area (Å²) in [5.74, 6) is 0.926. The van der Waals surface area contributed by atoms with Gasteiger partial charge in [-0.05, 0) is 51.1 Å². The molecule has 1 saturated carbocycles. The number of methoxy groups -OCH3 is 1. The van der Waals surface area contributed by atoms with Crippen LogP contribution in [0.4, 0.5) is 0 Å². The van der Waals surface area contributed by atoms with Crippen LogP contribution in [0.3, 0.4) is 0 Å². The van der Waals surface area contributed by atoms with Crippen LogP contribution < -0.4 is 10.6 Å². The highest BCUT2D eigenvalue weighted by molar-refractivity contribution is 5.76. The zero-order chi connectivity index (χ0) is 12.1. The Bertz CT molecular complexity index is 252. The second-order valence-corrected chi connectivity index (χ2v) is 5.33. The van der Waals surface area contributed by atoms with Crippen molar-refractivity contribution in [1.29, 1.82) is 0 Å². The van der Waals surface area contributed by atoms with E-state index >= 15 is 0 Å². The number of hydrogen-bond acceptors (Lipinski definition) is 3. The van der Waals surface area contributed by atoms with Crippen LogP contribution in [0.2, 0.25) is 0 Å². The molecule has 2 N–H and O–H groups in total. The van der Waals surface area contributed by atoms with Crippen molar-refractivity contribution in [2.24, 2.45) is 5.92 Å². The number of carbonyl (C=O) groups excluding carboxylic acids is 1. The Kier molecular flexibility index (Phi) is 4.80. The van der Waals surface area contributed by atoms with Gasteiger partial charge in [-0.15, -0.1) is 0 Å².